The third kappa shape index (κ3) is 4.70. The summed E-state index contributed by atoms with van der Waals surface area (Å²) in [7, 11) is 0. The predicted octanol–water partition coefficient (Wildman–Crippen LogP) is 3.33. The fraction of sp³-hybridized carbons (Fsp3) is 0.562. The molecule has 0 spiro atoms. The third-order valence-electron chi connectivity index (χ3n) is 3.95. The van der Waals surface area contributed by atoms with Crippen molar-refractivity contribution >= 4 is 17.3 Å². The van der Waals surface area contributed by atoms with Gasteiger partial charge >= 0.3 is 0 Å². The number of nitrogens with one attached hydrogen (secondary N) is 1. The molecular weight excluding hydrogens is 271 g/mol. The lowest BCUT2D eigenvalue weighted by Crippen LogP contribution is -2.30. The van der Waals surface area contributed by atoms with E-state index >= 15 is 0 Å². The highest BCUT2D eigenvalue weighted by molar-refractivity contribution is 5.96. The Balaban J connectivity index is 1.81. The average Bonchev–Trinajstić information content (AvgIpc) is 2.48. The molecule has 0 saturated heterocycles. The van der Waals surface area contributed by atoms with Gasteiger partial charge in [0.2, 0.25) is 0 Å². The van der Waals surface area contributed by atoms with E-state index in [0.717, 1.165) is 0 Å². The van der Waals surface area contributed by atoms with E-state index < -0.39 is 11.9 Å². The van der Waals surface area contributed by atoms with Crippen LogP contribution in [0.1, 0.15) is 39.0 Å². The first kappa shape index (κ1) is 15.8. The molecule has 1 fully saturated rings. The number of anilines is 2. The van der Waals surface area contributed by atoms with Gasteiger partial charge in [-0.25, -0.2) is 4.39 Å². The number of halogens is 1. The first-order chi connectivity index (χ1) is 10.1. The van der Waals surface area contributed by atoms with Crippen molar-refractivity contribution in [3.05, 3.63) is 24.0 Å². The molecule has 1 unspecified atom stereocenters. The van der Waals surface area contributed by atoms with E-state index in [0.29, 0.717) is 18.2 Å². The molecule has 1 saturated carbocycles. The molecule has 1 amide bonds. The van der Waals surface area contributed by atoms with Crippen LogP contribution < -0.4 is 11.1 Å². The summed E-state index contributed by atoms with van der Waals surface area (Å²) >= 11 is 0. The van der Waals surface area contributed by atoms with Gasteiger partial charge < -0.3 is 15.8 Å². The topological polar surface area (TPSA) is 64.3 Å². The number of hydrogen-bond donors (Lipinski definition) is 2. The minimum absolute atomic E-state index is 0.211. The fourth-order valence-corrected chi connectivity index (χ4v) is 2.59. The minimum Gasteiger partial charge on any atom is -0.397 e. The molecule has 1 aromatic rings. The number of amides is 1. The molecule has 0 heterocycles. The summed E-state index contributed by atoms with van der Waals surface area (Å²) in [5.74, 6) is -0.124. The van der Waals surface area contributed by atoms with Crippen molar-refractivity contribution in [2.75, 3.05) is 17.7 Å². The van der Waals surface area contributed by atoms with Crippen molar-refractivity contribution in [3.63, 3.8) is 0 Å². The van der Waals surface area contributed by atoms with Gasteiger partial charge in [-0.3, -0.25) is 4.79 Å². The van der Waals surface area contributed by atoms with Gasteiger partial charge in [-0.1, -0.05) is 19.3 Å². The summed E-state index contributed by atoms with van der Waals surface area (Å²) in [6, 6.07) is 3.90. The monoisotopic (exact) mass is 294 g/mol. The maximum absolute atomic E-state index is 13.0. The van der Waals surface area contributed by atoms with Crippen molar-refractivity contribution in [2.24, 2.45) is 5.92 Å². The van der Waals surface area contributed by atoms with Crippen molar-refractivity contribution in [2.45, 2.75) is 45.1 Å². The summed E-state index contributed by atoms with van der Waals surface area (Å²) in [6.07, 6.45) is 5.62. The Labute approximate surface area is 124 Å². The van der Waals surface area contributed by atoms with Gasteiger partial charge in [0.05, 0.1) is 18.0 Å². The first-order valence-electron chi connectivity index (χ1n) is 7.53. The molecule has 2 rings (SSSR count). The van der Waals surface area contributed by atoms with Gasteiger partial charge in [0.15, 0.2) is 0 Å². The Bertz CT molecular complexity index is 487. The first-order valence-corrected chi connectivity index (χ1v) is 7.53. The molecule has 1 aliphatic carbocycles. The van der Waals surface area contributed by atoms with E-state index in [9.17, 15) is 9.18 Å². The largest absolute Gasteiger partial charge is 0.397 e. The Morgan fingerprint density at radius 3 is 2.81 bits per heavy atom. The second-order valence-corrected chi connectivity index (χ2v) is 5.70. The van der Waals surface area contributed by atoms with Crippen LogP contribution >= 0.6 is 0 Å². The molecule has 5 heteroatoms. The quantitative estimate of drug-likeness (QED) is 0.819. The maximum atomic E-state index is 13.0. The van der Waals surface area contributed by atoms with Gasteiger partial charge in [0.1, 0.15) is 11.9 Å². The zero-order chi connectivity index (χ0) is 15.2. The highest BCUT2D eigenvalue weighted by atomic mass is 19.1. The number of ether oxygens (including phenoxy) is 1. The second-order valence-electron chi connectivity index (χ2n) is 5.70. The molecule has 4 nitrogen and oxygen atoms in total. The van der Waals surface area contributed by atoms with Crippen LogP contribution in [0.25, 0.3) is 0 Å². The standard InChI is InChI=1S/C16H23FN2O2/c1-11(21-10-12-5-3-2-4-6-12)16(20)19-15-8-7-13(17)9-14(15)18/h7-9,11-12H,2-6,10,18H2,1H3,(H,19,20). The number of hydrogen-bond acceptors (Lipinski definition) is 3. The van der Waals surface area contributed by atoms with Gasteiger partial charge in [-0.05, 0) is 43.9 Å². The van der Waals surface area contributed by atoms with Gasteiger partial charge in [0, 0.05) is 0 Å². The Morgan fingerprint density at radius 1 is 1.43 bits per heavy atom. The predicted molar refractivity (Wildman–Crippen MR) is 81.4 cm³/mol. The summed E-state index contributed by atoms with van der Waals surface area (Å²) in [5.41, 5.74) is 6.29. The van der Waals surface area contributed by atoms with Crippen LogP contribution in [0.5, 0.6) is 0 Å². The van der Waals surface area contributed by atoms with E-state index in [2.05, 4.69) is 5.32 Å². The van der Waals surface area contributed by atoms with E-state index in [1.54, 1.807) is 6.92 Å². The van der Waals surface area contributed by atoms with E-state index in [1.165, 1.54) is 50.3 Å². The van der Waals surface area contributed by atoms with Crippen LogP contribution in [0.4, 0.5) is 15.8 Å². The lowest BCUT2D eigenvalue weighted by molar-refractivity contribution is -0.127. The van der Waals surface area contributed by atoms with Crippen LogP contribution in [0.2, 0.25) is 0 Å². The number of carbonyl (C=O) groups is 1. The molecule has 0 radical (unpaired) electrons. The molecular formula is C16H23FN2O2. The normalized spacial score (nSPS) is 17.4. The molecule has 1 aromatic carbocycles. The average molecular weight is 294 g/mol. The van der Waals surface area contributed by atoms with Gasteiger partial charge in [-0.2, -0.15) is 0 Å². The molecule has 21 heavy (non-hydrogen) atoms. The molecule has 0 aromatic heterocycles. The summed E-state index contributed by atoms with van der Waals surface area (Å²) in [4.78, 5) is 12.0. The summed E-state index contributed by atoms with van der Waals surface area (Å²) in [6.45, 7) is 2.34. The molecule has 116 valence electrons. The number of benzene rings is 1. The number of carbonyl (C=O) groups excluding carboxylic acids is 1. The van der Waals surface area contributed by atoms with Crippen molar-refractivity contribution in [1.82, 2.24) is 0 Å². The lowest BCUT2D eigenvalue weighted by Gasteiger charge is -2.23. The summed E-state index contributed by atoms with van der Waals surface area (Å²) < 4.78 is 18.6. The molecule has 3 N–H and O–H groups in total. The van der Waals surface area contributed by atoms with Gasteiger partial charge in [-0.15, -0.1) is 0 Å². The minimum atomic E-state index is -0.545. The van der Waals surface area contributed by atoms with E-state index in [1.807, 2.05) is 0 Å². The molecule has 0 bridgehead atoms. The number of nitrogens with two attached hydrogens (primary N) is 1. The SMILES string of the molecule is CC(OCC1CCCCC1)C(=O)Nc1ccc(F)cc1N. The Morgan fingerprint density at radius 2 is 2.14 bits per heavy atom. The molecule has 1 atom stereocenters. The van der Waals surface area contributed by atoms with Crippen molar-refractivity contribution < 1.29 is 13.9 Å². The Kier molecular flexibility index (Phi) is 5.56. The van der Waals surface area contributed by atoms with Crippen LogP contribution in [0, 0.1) is 11.7 Å². The highest BCUT2D eigenvalue weighted by Crippen LogP contribution is 2.24. The van der Waals surface area contributed by atoms with Crippen LogP contribution in [0.3, 0.4) is 0 Å². The van der Waals surface area contributed by atoms with Crippen LogP contribution in [-0.4, -0.2) is 18.6 Å². The zero-order valence-corrected chi connectivity index (χ0v) is 12.4. The van der Waals surface area contributed by atoms with E-state index in [-0.39, 0.29) is 11.6 Å². The zero-order valence-electron chi connectivity index (χ0n) is 12.4. The van der Waals surface area contributed by atoms with Crippen molar-refractivity contribution in [3.8, 4) is 0 Å². The lowest BCUT2D eigenvalue weighted by atomic mass is 9.90. The summed E-state index contributed by atoms with van der Waals surface area (Å²) in [5, 5.41) is 2.67. The van der Waals surface area contributed by atoms with E-state index in [4.69, 9.17) is 10.5 Å². The molecule has 0 aliphatic heterocycles. The maximum Gasteiger partial charge on any atom is 0.253 e. The molecule has 1 aliphatic rings. The van der Waals surface area contributed by atoms with Crippen LogP contribution in [-0.2, 0) is 9.53 Å². The smallest absolute Gasteiger partial charge is 0.253 e. The highest BCUT2D eigenvalue weighted by Gasteiger charge is 2.19. The second kappa shape index (κ2) is 7.41. The van der Waals surface area contributed by atoms with Gasteiger partial charge in [0.25, 0.3) is 5.91 Å². The van der Waals surface area contributed by atoms with Crippen LogP contribution in [0.15, 0.2) is 18.2 Å². The Hall–Kier alpha value is -1.62. The number of nitrogen functional groups attached to an aromatic ring is 1. The number of rotatable bonds is 5. The van der Waals surface area contributed by atoms with Crippen molar-refractivity contribution in [1.29, 1.82) is 0 Å². The fourth-order valence-electron chi connectivity index (χ4n) is 2.59. The third-order valence-corrected chi connectivity index (χ3v) is 3.95.